The van der Waals surface area contributed by atoms with E-state index < -0.39 is 17.8 Å². The molecule has 2 aromatic rings. The van der Waals surface area contributed by atoms with Crippen molar-refractivity contribution >= 4 is 5.91 Å². The van der Waals surface area contributed by atoms with Gasteiger partial charge in [0.15, 0.2) is 0 Å². The lowest BCUT2D eigenvalue weighted by Gasteiger charge is -2.19. The Morgan fingerprint density at radius 2 is 2.19 bits per heavy atom. The van der Waals surface area contributed by atoms with Gasteiger partial charge < -0.3 is 9.64 Å². The van der Waals surface area contributed by atoms with Gasteiger partial charge in [0.25, 0.3) is 0 Å². The fourth-order valence-electron chi connectivity index (χ4n) is 2.92. The van der Waals surface area contributed by atoms with Gasteiger partial charge in [0.2, 0.25) is 5.91 Å². The first-order valence-corrected chi connectivity index (χ1v) is 7.93. The van der Waals surface area contributed by atoms with Gasteiger partial charge in [-0.25, -0.2) is 4.68 Å². The predicted octanol–water partition coefficient (Wildman–Crippen LogP) is 2.45. The lowest BCUT2D eigenvalue weighted by atomic mass is 10.1. The average Bonchev–Trinajstić information content (AvgIpc) is 3.28. The first kappa shape index (κ1) is 18.1. The Hall–Kier alpha value is -2.68. The van der Waals surface area contributed by atoms with Crippen LogP contribution in [0, 0.1) is 0 Å². The van der Waals surface area contributed by atoms with Crippen LogP contribution in [0.15, 0.2) is 49.3 Å². The zero-order valence-corrected chi connectivity index (χ0v) is 13.8. The number of carbonyl (C=O) groups is 1. The number of halogens is 3. The van der Waals surface area contributed by atoms with Crippen molar-refractivity contribution in [1.29, 1.82) is 0 Å². The molecular weight excluding hydrogens is 349 g/mol. The monoisotopic (exact) mass is 366 g/mol. The van der Waals surface area contributed by atoms with Crippen molar-refractivity contribution in [3.8, 4) is 0 Å². The van der Waals surface area contributed by atoms with Gasteiger partial charge in [0.1, 0.15) is 0 Å². The zero-order valence-electron chi connectivity index (χ0n) is 13.8. The molecule has 1 amide bonds. The molecule has 0 spiro atoms. The molecule has 0 unspecified atom stereocenters. The van der Waals surface area contributed by atoms with E-state index in [9.17, 15) is 18.0 Å². The molecule has 0 N–H and O–H groups in total. The highest BCUT2D eigenvalue weighted by Gasteiger charge is 2.37. The van der Waals surface area contributed by atoms with Gasteiger partial charge in [-0.2, -0.15) is 13.2 Å². The second-order valence-electron chi connectivity index (χ2n) is 5.95. The van der Waals surface area contributed by atoms with Crippen molar-refractivity contribution in [2.45, 2.75) is 24.9 Å². The van der Waals surface area contributed by atoms with Crippen LogP contribution >= 0.6 is 0 Å². The van der Waals surface area contributed by atoms with Gasteiger partial charge in [0, 0.05) is 19.3 Å². The maximum Gasteiger partial charge on any atom is 0.416 e. The van der Waals surface area contributed by atoms with Gasteiger partial charge in [-0.1, -0.05) is 23.9 Å². The van der Waals surface area contributed by atoms with Crippen LogP contribution in [-0.2, 0) is 22.3 Å². The number of carbonyl (C=O) groups excluding carboxylic acids is 1. The lowest BCUT2D eigenvalue weighted by Crippen LogP contribution is -2.28. The fraction of sp³-hybridized carbons (Fsp3) is 0.353. The van der Waals surface area contributed by atoms with Crippen molar-refractivity contribution in [3.63, 3.8) is 0 Å². The van der Waals surface area contributed by atoms with E-state index in [-0.39, 0.29) is 18.6 Å². The fourth-order valence-corrected chi connectivity index (χ4v) is 2.92. The number of rotatable bonds is 5. The summed E-state index contributed by atoms with van der Waals surface area (Å²) in [6, 6.07) is 4.72. The van der Waals surface area contributed by atoms with E-state index in [1.807, 2.05) is 0 Å². The molecular formula is C17H17F3N4O2. The Bertz CT molecular complexity index is 777. The summed E-state index contributed by atoms with van der Waals surface area (Å²) in [6.07, 6.45) is -0.433. The van der Waals surface area contributed by atoms with Crippen molar-refractivity contribution in [1.82, 2.24) is 19.9 Å². The van der Waals surface area contributed by atoms with E-state index >= 15 is 0 Å². The smallest absolute Gasteiger partial charge is 0.369 e. The molecule has 2 atom stereocenters. The molecule has 0 aliphatic carbocycles. The number of aromatic nitrogens is 3. The van der Waals surface area contributed by atoms with E-state index in [1.165, 1.54) is 18.3 Å². The van der Waals surface area contributed by atoms with E-state index in [1.54, 1.807) is 21.8 Å². The summed E-state index contributed by atoms with van der Waals surface area (Å²) >= 11 is 0. The van der Waals surface area contributed by atoms with Crippen LogP contribution in [-0.4, -0.2) is 45.0 Å². The Labute approximate surface area is 147 Å². The predicted molar refractivity (Wildman–Crippen MR) is 85.9 cm³/mol. The number of likely N-dealkylation sites (tertiary alicyclic amines) is 1. The summed E-state index contributed by atoms with van der Waals surface area (Å²) in [5.41, 5.74) is -0.313. The van der Waals surface area contributed by atoms with Gasteiger partial charge in [0.05, 0.1) is 30.5 Å². The third-order valence-electron chi connectivity index (χ3n) is 4.22. The molecule has 9 heteroatoms. The van der Waals surface area contributed by atoms with E-state index in [4.69, 9.17) is 4.74 Å². The maximum atomic E-state index is 12.8. The molecule has 1 aromatic carbocycles. The molecule has 1 fully saturated rings. The number of hydrogen-bond donors (Lipinski definition) is 0. The number of benzene rings is 1. The maximum absolute atomic E-state index is 12.8. The first-order valence-electron chi connectivity index (χ1n) is 7.93. The van der Waals surface area contributed by atoms with Crippen LogP contribution in [0.3, 0.4) is 0 Å². The van der Waals surface area contributed by atoms with E-state index in [0.717, 1.165) is 12.1 Å². The van der Waals surface area contributed by atoms with Crippen LogP contribution in [0.1, 0.15) is 17.2 Å². The van der Waals surface area contributed by atoms with Gasteiger partial charge in [-0.05, 0) is 23.8 Å². The standard InChI is InChI=1S/C17H17F3N4O2/c1-2-16(25)23-9-14(24-7-6-21-22-24)15(10-23)26-11-12-4-3-5-13(8-12)17(18,19)20/h2-8,14-15H,1,9-11H2/t14-,15-/m1/s1. The molecule has 0 bridgehead atoms. The normalized spacial score (nSPS) is 20.3. The molecule has 6 nitrogen and oxygen atoms in total. The molecule has 1 aromatic heterocycles. The van der Waals surface area contributed by atoms with Crippen LogP contribution in [0.25, 0.3) is 0 Å². The Morgan fingerprint density at radius 1 is 1.38 bits per heavy atom. The molecule has 0 saturated carbocycles. The second kappa shape index (κ2) is 7.28. The minimum atomic E-state index is -4.40. The summed E-state index contributed by atoms with van der Waals surface area (Å²) in [7, 11) is 0. The summed E-state index contributed by atoms with van der Waals surface area (Å²) in [6.45, 7) is 4.13. The van der Waals surface area contributed by atoms with Crippen molar-refractivity contribution < 1.29 is 22.7 Å². The quantitative estimate of drug-likeness (QED) is 0.763. The average molecular weight is 366 g/mol. The SMILES string of the molecule is C=CC(=O)N1C[C@@H](n2ccnn2)[C@H](OCc2cccc(C(F)(F)F)c2)C1. The Kier molecular flexibility index (Phi) is 5.08. The van der Waals surface area contributed by atoms with Gasteiger partial charge in [-0.3, -0.25) is 4.79 Å². The van der Waals surface area contributed by atoms with Crippen molar-refractivity contribution in [2.75, 3.05) is 13.1 Å². The summed E-state index contributed by atoms with van der Waals surface area (Å²) in [4.78, 5) is 13.5. The molecule has 138 valence electrons. The summed E-state index contributed by atoms with van der Waals surface area (Å²) in [5, 5.41) is 7.70. The van der Waals surface area contributed by atoms with Crippen LogP contribution in [0.2, 0.25) is 0 Å². The van der Waals surface area contributed by atoms with Crippen LogP contribution < -0.4 is 0 Å². The van der Waals surface area contributed by atoms with Crippen LogP contribution in [0.4, 0.5) is 13.2 Å². The first-order chi connectivity index (χ1) is 12.4. The highest BCUT2D eigenvalue weighted by molar-refractivity contribution is 5.87. The largest absolute Gasteiger partial charge is 0.416 e. The number of nitrogens with zero attached hydrogens (tertiary/aromatic N) is 4. The minimum absolute atomic E-state index is 0.00406. The molecule has 3 rings (SSSR count). The summed E-state index contributed by atoms with van der Waals surface area (Å²) in [5.74, 6) is -0.236. The number of hydrogen-bond acceptors (Lipinski definition) is 4. The number of alkyl halides is 3. The molecule has 0 radical (unpaired) electrons. The van der Waals surface area contributed by atoms with Crippen molar-refractivity contribution in [3.05, 3.63) is 60.4 Å². The van der Waals surface area contributed by atoms with E-state index in [0.29, 0.717) is 18.7 Å². The topological polar surface area (TPSA) is 60.2 Å². The van der Waals surface area contributed by atoms with Gasteiger partial charge in [-0.15, -0.1) is 5.10 Å². The summed E-state index contributed by atoms with van der Waals surface area (Å²) < 4.78 is 45.9. The minimum Gasteiger partial charge on any atom is -0.369 e. The zero-order chi connectivity index (χ0) is 18.7. The van der Waals surface area contributed by atoms with E-state index in [2.05, 4.69) is 16.9 Å². The highest BCUT2D eigenvalue weighted by atomic mass is 19.4. The molecule has 1 saturated heterocycles. The molecule has 1 aliphatic heterocycles. The number of amides is 1. The third-order valence-corrected chi connectivity index (χ3v) is 4.22. The lowest BCUT2D eigenvalue weighted by molar-refractivity contribution is -0.137. The third kappa shape index (κ3) is 3.93. The molecule has 1 aliphatic rings. The highest BCUT2D eigenvalue weighted by Crippen LogP contribution is 2.30. The number of ether oxygens (including phenoxy) is 1. The van der Waals surface area contributed by atoms with Crippen LogP contribution in [0.5, 0.6) is 0 Å². The Morgan fingerprint density at radius 3 is 2.85 bits per heavy atom. The Balaban J connectivity index is 1.72. The second-order valence-corrected chi connectivity index (χ2v) is 5.95. The van der Waals surface area contributed by atoms with Gasteiger partial charge >= 0.3 is 6.18 Å². The van der Waals surface area contributed by atoms with Crippen molar-refractivity contribution in [2.24, 2.45) is 0 Å². The molecule has 26 heavy (non-hydrogen) atoms. The molecule has 2 heterocycles.